The van der Waals surface area contributed by atoms with Gasteiger partial charge >= 0.3 is 17.9 Å². The Hall–Kier alpha value is -2.49. The first-order valence-electron chi connectivity index (χ1n) is 11.1. The maximum atomic E-state index is 10.2. The van der Waals surface area contributed by atoms with Crippen LogP contribution in [0.1, 0.15) is 59.6 Å². The molecule has 3 aromatic heterocycles. The summed E-state index contributed by atoms with van der Waals surface area (Å²) in [6, 6.07) is 12.1. The zero-order valence-electron chi connectivity index (χ0n) is 19.1. The Balaban J connectivity index is 0.000000256. The molecule has 0 aliphatic heterocycles. The molecule has 0 spiro atoms. The molecule has 0 aliphatic carbocycles. The van der Waals surface area contributed by atoms with Crippen molar-refractivity contribution in [2.75, 3.05) is 0 Å². The second-order valence-corrected chi connectivity index (χ2v) is 10.4. The van der Waals surface area contributed by atoms with Crippen LogP contribution in [0.2, 0.25) is 0 Å². The van der Waals surface area contributed by atoms with E-state index < -0.39 is 17.9 Å². The van der Waals surface area contributed by atoms with E-state index in [-0.39, 0.29) is 6.42 Å². The zero-order chi connectivity index (χ0) is 25.0. The highest BCUT2D eigenvalue weighted by atomic mass is 32.1. The van der Waals surface area contributed by atoms with E-state index in [1.807, 2.05) is 40.4 Å². The van der Waals surface area contributed by atoms with Crippen LogP contribution in [-0.2, 0) is 33.6 Å². The highest BCUT2D eigenvalue weighted by Gasteiger charge is 1.99. The fourth-order valence-electron chi connectivity index (χ4n) is 2.75. The molecule has 0 bridgehead atoms. The van der Waals surface area contributed by atoms with E-state index in [2.05, 4.69) is 12.1 Å². The summed E-state index contributed by atoms with van der Waals surface area (Å²) in [7, 11) is 0. The molecule has 3 aromatic rings. The number of rotatable bonds is 13. The molecule has 0 aromatic carbocycles. The predicted molar refractivity (Wildman–Crippen MR) is 139 cm³/mol. The molecule has 3 rings (SSSR count). The summed E-state index contributed by atoms with van der Waals surface area (Å²) >= 11 is 5.07. The zero-order valence-corrected chi connectivity index (χ0v) is 21.5. The van der Waals surface area contributed by atoms with Crippen LogP contribution in [0.5, 0.6) is 0 Å². The standard InChI is InChI=1S/2C9H12O2S.C7H8O2S/c2*10-9(11)6-2-1-4-8-5-3-7-12-8;8-7(9)4-3-6-2-1-5-10-6/h2*3,5,7H,1-2,4,6H2,(H,10,11);1-2,5H,3-4H2,(H,8,9). The van der Waals surface area contributed by atoms with Gasteiger partial charge in [-0.3, -0.25) is 14.4 Å². The van der Waals surface area contributed by atoms with Crippen molar-refractivity contribution in [2.24, 2.45) is 0 Å². The molecule has 0 aliphatic rings. The lowest BCUT2D eigenvalue weighted by Crippen LogP contribution is -1.95. The first-order chi connectivity index (χ1) is 16.4. The van der Waals surface area contributed by atoms with Gasteiger partial charge in [-0.2, -0.15) is 0 Å². The van der Waals surface area contributed by atoms with E-state index in [0.717, 1.165) is 43.4 Å². The molecular formula is C25H32O6S3. The number of aliphatic carboxylic acids is 3. The lowest BCUT2D eigenvalue weighted by atomic mass is 10.2. The molecule has 3 heterocycles. The summed E-state index contributed by atoms with van der Waals surface area (Å²) in [5.74, 6) is -2.12. The van der Waals surface area contributed by atoms with Crippen molar-refractivity contribution in [1.29, 1.82) is 0 Å². The lowest BCUT2D eigenvalue weighted by molar-refractivity contribution is -0.138. The number of carbonyl (C=O) groups is 3. The highest BCUT2D eigenvalue weighted by Crippen LogP contribution is 2.13. The van der Waals surface area contributed by atoms with Gasteiger partial charge in [-0.05, 0) is 79.3 Å². The third kappa shape index (κ3) is 17.0. The van der Waals surface area contributed by atoms with Crippen molar-refractivity contribution in [2.45, 2.75) is 64.2 Å². The molecule has 0 unspecified atom stereocenters. The monoisotopic (exact) mass is 524 g/mol. The Morgan fingerprint density at radius 3 is 1.18 bits per heavy atom. The van der Waals surface area contributed by atoms with Gasteiger partial charge in [0.25, 0.3) is 0 Å². The van der Waals surface area contributed by atoms with Gasteiger partial charge in [0.2, 0.25) is 0 Å². The van der Waals surface area contributed by atoms with Crippen molar-refractivity contribution < 1.29 is 29.7 Å². The fraction of sp³-hybridized carbons (Fsp3) is 0.400. The molecule has 34 heavy (non-hydrogen) atoms. The van der Waals surface area contributed by atoms with Crippen LogP contribution >= 0.6 is 34.0 Å². The number of unbranched alkanes of at least 4 members (excludes halogenated alkanes) is 2. The van der Waals surface area contributed by atoms with Gasteiger partial charge in [0.1, 0.15) is 0 Å². The third-order valence-electron chi connectivity index (χ3n) is 4.45. The molecule has 0 saturated carbocycles. The minimum Gasteiger partial charge on any atom is -0.481 e. The Morgan fingerprint density at radius 1 is 0.529 bits per heavy atom. The van der Waals surface area contributed by atoms with Crippen LogP contribution in [0.3, 0.4) is 0 Å². The number of carboxylic acids is 3. The number of hydrogen-bond acceptors (Lipinski definition) is 6. The second-order valence-electron chi connectivity index (χ2n) is 7.33. The largest absolute Gasteiger partial charge is 0.481 e. The first-order valence-corrected chi connectivity index (χ1v) is 13.7. The van der Waals surface area contributed by atoms with Crippen molar-refractivity contribution in [3.63, 3.8) is 0 Å². The van der Waals surface area contributed by atoms with Crippen LogP contribution < -0.4 is 0 Å². The Morgan fingerprint density at radius 2 is 0.882 bits per heavy atom. The molecule has 0 atom stereocenters. The summed E-state index contributed by atoms with van der Waals surface area (Å²) < 4.78 is 0. The van der Waals surface area contributed by atoms with Gasteiger partial charge in [0.05, 0.1) is 6.42 Å². The minimum absolute atomic E-state index is 0.237. The van der Waals surface area contributed by atoms with E-state index in [4.69, 9.17) is 15.3 Å². The van der Waals surface area contributed by atoms with Crippen molar-refractivity contribution in [3.8, 4) is 0 Å². The molecule has 0 fully saturated rings. The Bertz CT molecular complexity index is 851. The maximum Gasteiger partial charge on any atom is 0.303 e. The van der Waals surface area contributed by atoms with E-state index in [1.54, 1.807) is 34.0 Å². The van der Waals surface area contributed by atoms with E-state index in [9.17, 15) is 14.4 Å². The number of aryl methyl sites for hydroxylation is 3. The topological polar surface area (TPSA) is 112 Å². The summed E-state index contributed by atoms with van der Waals surface area (Å²) in [6.45, 7) is 0. The van der Waals surface area contributed by atoms with Gasteiger partial charge in [0, 0.05) is 27.5 Å². The molecule has 0 amide bonds. The van der Waals surface area contributed by atoms with Gasteiger partial charge in [-0.1, -0.05) is 18.2 Å². The summed E-state index contributed by atoms with van der Waals surface area (Å²) in [5, 5.41) is 31.1. The summed E-state index contributed by atoms with van der Waals surface area (Å²) in [6.07, 6.45) is 7.06. The lowest BCUT2D eigenvalue weighted by Gasteiger charge is -1.95. The highest BCUT2D eigenvalue weighted by molar-refractivity contribution is 7.10. The van der Waals surface area contributed by atoms with Gasteiger partial charge in [-0.15, -0.1) is 34.0 Å². The van der Waals surface area contributed by atoms with Crippen molar-refractivity contribution in [1.82, 2.24) is 0 Å². The fourth-order valence-corrected chi connectivity index (χ4v) is 4.96. The number of carboxylic acid groups (broad SMARTS) is 3. The Kier molecular flexibility index (Phi) is 16.4. The Labute approximate surface area is 212 Å². The molecule has 0 saturated heterocycles. The van der Waals surface area contributed by atoms with E-state index in [1.165, 1.54) is 9.75 Å². The molecular weight excluding hydrogens is 492 g/mol. The SMILES string of the molecule is O=C(O)CCCCc1cccs1.O=C(O)CCCCc1cccs1.O=C(O)CCc1cccs1. The van der Waals surface area contributed by atoms with Gasteiger partial charge in [0.15, 0.2) is 0 Å². The van der Waals surface area contributed by atoms with Crippen LogP contribution in [0, 0.1) is 0 Å². The number of hydrogen-bond donors (Lipinski definition) is 3. The van der Waals surface area contributed by atoms with Crippen LogP contribution in [0.25, 0.3) is 0 Å². The van der Waals surface area contributed by atoms with Gasteiger partial charge in [-0.25, -0.2) is 0 Å². The van der Waals surface area contributed by atoms with Crippen molar-refractivity contribution in [3.05, 3.63) is 67.2 Å². The smallest absolute Gasteiger partial charge is 0.303 e. The van der Waals surface area contributed by atoms with Gasteiger partial charge < -0.3 is 15.3 Å². The normalized spacial score (nSPS) is 9.88. The third-order valence-corrected chi connectivity index (χ3v) is 7.26. The quantitative estimate of drug-likeness (QED) is 0.211. The number of thiophene rings is 3. The van der Waals surface area contributed by atoms with Crippen LogP contribution in [0.15, 0.2) is 52.5 Å². The minimum atomic E-state index is -0.728. The van der Waals surface area contributed by atoms with Crippen LogP contribution in [0.4, 0.5) is 0 Å². The second kappa shape index (κ2) is 18.9. The predicted octanol–water partition coefficient (Wildman–Crippen LogP) is 6.86. The molecule has 186 valence electrons. The molecule has 3 N–H and O–H groups in total. The van der Waals surface area contributed by atoms with Crippen molar-refractivity contribution >= 4 is 51.9 Å². The first kappa shape index (κ1) is 29.5. The molecule has 6 nitrogen and oxygen atoms in total. The van der Waals surface area contributed by atoms with Crippen LogP contribution in [-0.4, -0.2) is 33.2 Å². The van der Waals surface area contributed by atoms with E-state index >= 15 is 0 Å². The average molecular weight is 525 g/mol. The summed E-state index contributed by atoms with van der Waals surface area (Å²) in [5.41, 5.74) is 0. The van der Waals surface area contributed by atoms with E-state index in [0.29, 0.717) is 19.3 Å². The molecule has 0 radical (unpaired) electrons. The maximum absolute atomic E-state index is 10.2. The molecule has 9 heteroatoms. The average Bonchev–Trinajstić information content (AvgIpc) is 3.57. The summed E-state index contributed by atoms with van der Waals surface area (Å²) in [4.78, 5) is 34.3.